The number of hydrogen-bond acceptors (Lipinski definition) is 3. The Labute approximate surface area is 93.1 Å². The molecule has 1 rings (SSSR count). The topological polar surface area (TPSA) is 68.2 Å². The number of nitrogens with zero attached hydrogens (tertiary/aromatic N) is 1. The molecule has 0 aliphatic heterocycles. The first-order valence-electron chi connectivity index (χ1n) is 5.02. The van der Waals surface area contributed by atoms with E-state index in [0.717, 1.165) is 0 Å². The molecule has 5 heteroatoms. The Bertz CT molecular complexity index is 463. The van der Waals surface area contributed by atoms with E-state index in [2.05, 4.69) is 5.32 Å². The van der Waals surface area contributed by atoms with Crippen LogP contribution in [0.3, 0.4) is 0 Å². The van der Waals surface area contributed by atoms with E-state index in [9.17, 15) is 14.4 Å². The van der Waals surface area contributed by atoms with E-state index in [1.54, 1.807) is 6.20 Å². The average molecular weight is 222 g/mol. The van der Waals surface area contributed by atoms with Crippen molar-refractivity contribution in [2.75, 3.05) is 5.32 Å². The lowest BCUT2D eigenvalue weighted by Crippen LogP contribution is -2.20. The van der Waals surface area contributed by atoms with Crippen LogP contribution in [0.15, 0.2) is 23.1 Å². The molecule has 1 aromatic rings. The van der Waals surface area contributed by atoms with Crippen molar-refractivity contribution >= 4 is 17.4 Å². The molecular weight excluding hydrogens is 208 g/mol. The maximum atomic E-state index is 11.3. The van der Waals surface area contributed by atoms with Crippen molar-refractivity contribution < 1.29 is 9.59 Å². The van der Waals surface area contributed by atoms with E-state index < -0.39 is 0 Å². The van der Waals surface area contributed by atoms with Crippen LogP contribution in [0.2, 0.25) is 0 Å². The first-order valence-corrected chi connectivity index (χ1v) is 5.02. The van der Waals surface area contributed by atoms with Crippen molar-refractivity contribution in [1.29, 1.82) is 0 Å². The summed E-state index contributed by atoms with van der Waals surface area (Å²) in [6.07, 6.45) is 1.41. The number of nitrogens with one attached hydrogen (secondary N) is 1. The van der Waals surface area contributed by atoms with E-state index in [1.807, 2.05) is 6.92 Å². The molecule has 0 aromatic carbocycles. The highest BCUT2D eigenvalue weighted by molar-refractivity contribution is 6.03. The second-order valence-electron chi connectivity index (χ2n) is 3.47. The fraction of sp³-hybridized carbons (Fsp3) is 0.364. The Morgan fingerprint density at radius 2 is 2.06 bits per heavy atom. The highest BCUT2D eigenvalue weighted by atomic mass is 16.2. The van der Waals surface area contributed by atoms with Crippen molar-refractivity contribution in [2.24, 2.45) is 0 Å². The maximum Gasteiger partial charge on any atom is 0.250 e. The molecule has 0 aliphatic carbocycles. The largest absolute Gasteiger partial charge is 0.324 e. The summed E-state index contributed by atoms with van der Waals surface area (Å²) >= 11 is 0. The molecule has 86 valence electrons. The molecule has 0 aliphatic rings. The normalized spacial score (nSPS) is 9.88. The summed E-state index contributed by atoms with van der Waals surface area (Å²) in [5.41, 5.74) is 0.403. The predicted octanol–water partition coefficient (Wildman–Crippen LogP) is 0.786. The second kappa shape index (κ2) is 5.25. The standard InChI is InChI=1S/C11H14N2O3/c1-3-13-7-9(4-5-11(13)16)12-10(15)6-8(2)14/h4-5,7H,3,6H2,1-2H3,(H,12,15). The molecule has 0 fully saturated rings. The molecule has 1 heterocycles. The van der Waals surface area contributed by atoms with Crippen LogP contribution in [0.25, 0.3) is 0 Å². The smallest absolute Gasteiger partial charge is 0.250 e. The Kier molecular flexibility index (Phi) is 3.99. The van der Waals surface area contributed by atoms with Gasteiger partial charge in [0, 0.05) is 18.8 Å². The van der Waals surface area contributed by atoms with Crippen LogP contribution < -0.4 is 10.9 Å². The number of aryl methyl sites for hydroxylation is 1. The van der Waals surface area contributed by atoms with Gasteiger partial charge in [-0.3, -0.25) is 14.4 Å². The summed E-state index contributed by atoms with van der Waals surface area (Å²) in [6, 6.07) is 2.90. The van der Waals surface area contributed by atoms with Crippen LogP contribution in [0.4, 0.5) is 5.69 Å². The lowest BCUT2D eigenvalue weighted by Gasteiger charge is -2.06. The zero-order chi connectivity index (χ0) is 12.1. The number of aromatic nitrogens is 1. The molecule has 0 unspecified atom stereocenters. The molecule has 0 radical (unpaired) electrons. The van der Waals surface area contributed by atoms with Gasteiger partial charge in [0.1, 0.15) is 5.78 Å². The number of rotatable bonds is 4. The summed E-state index contributed by atoms with van der Waals surface area (Å²) in [6.45, 7) is 3.73. The summed E-state index contributed by atoms with van der Waals surface area (Å²) in [7, 11) is 0. The van der Waals surface area contributed by atoms with E-state index in [-0.39, 0.29) is 23.7 Å². The molecule has 5 nitrogen and oxygen atoms in total. The SMILES string of the molecule is CCn1cc(NC(=O)CC(C)=O)ccc1=O. The van der Waals surface area contributed by atoms with Crippen LogP contribution in [-0.4, -0.2) is 16.3 Å². The molecule has 16 heavy (non-hydrogen) atoms. The molecular formula is C11H14N2O3. The van der Waals surface area contributed by atoms with Gasteiger partial charge in [-0.05, 0) is 19.9 Å². The first-order chi connectivity index (χ1) is 7.52. The lowest BCUT2D eigenvalue weighted by atomic mass is 10.3. The molecule has 1 aromatic heterocycles. The minimum Gasteiger partial charge on any atom is -0.324 e. The molecule has 0 bridgehead atoms. The molecule has 0 atom stereocenters. The van der Waals surface area contributed by atoms with E-state index in [4.69, 9.17) is 0 Å². The van der Waals surface area contributed by atoms with Crippen molar-refractivity contribution in [3.8, 4) is 0 Å². The first kappa shape index (κ1) is 12.2. The van der Waals surface area contributed by atoms with Crippen molar-refractivity contribution in [2.45, 2.75) is 26.8 Å². The van der Waals surface area contributed by atoms with Crippen LogP contribution in [-0.2, 0) is 16.1 Å². The number of carbonyl (C=O) groups is 2. The van der Waals surface area contributed by atoms with Crippen molar-refractivity contribution in [3.63, 3.8) is 0 Å². The van der Waals surface area contributed by atoms with Crippen LogP contribution in [0, 0.1) is 0 Å². The Hall–Kier alpha value is -1.91. The second-order valence-corrected chi connectivity index (χ2v) is 3.47. The minimum absolute atomic E-state index is 0.118. The van der Waals surface area contributed by atoms with E-state index in [1.165, 1.54) is 23.6 Å². The fourth-order valence-electron chi connectivity index (χ4n) is 1.28. The van der Waals surface area contributed by atoms with Crippen LogP contribution >= 0.6 is 0 Å². The summed E-state index contributed by atoms with van der Waals surface area (Å²) in [5, 5.41) is 2.56. The Morgan fingerprint density at radius 1 is 1.38 bits per heavy atom. The molecule has 0 saturated heterocycles. The Morgan fingerprint density at radius 3 is 2.62 bits per heavy atom. The molecule has 1 N–H and O–H groups in total. The summed E-state index contributed by atoms with van der Waals surface area (Å²) in [4.78, 5) is 33.3. The number of anilines is 1. The van der Waals surface area contributed by atoms with Gasteiger partial charge in [0.25, 0.3) is 5.56 Å². The summed E-state index contributed by atoms with van der Waals surface area (Å²) in [5.74, 6) is -0.560. The third-order valence-electron chi connectivity index (χ3n) is 2.02. The number of ketones is 1. The van der Waals surface area contributed by atoms with Gasteiger partial charge in [0.05, 0.1) is 12.1 Å². The van der Waals surface area contributed by atoms with Gasteiger partial charge in [0.2, 0.25) is 5.91 Å². The highest BCUT2D eigenvalue weighted by Gasteiger charge is 2.05. The van der Waals surface area contributed by atoms with Crippen LogP contribution in [0.5, 0.6) is 0 Å². The van der Waals surface area contributed by atoms with Gasteiger partial charge in [0.15, 0.2) is 0 Å². The number of carbonyl (C=O) groups excluding carboxylic acids is 2. The highest BCUT2D eigenvalue weighted by Crippen LogP contribution is 2.03. The van der Waals surface area contributed by atoms with Gasteiger partial charge in [-0.1, -0.05) is 0 Å². The van der Waals surface area contributed by atoms with Gasteiger partial charge < -0.3 is 9.88 Å². The predicted molar refractivity (Wildman–Crippen MR) is 60.3 cm³/mol. The average Bonchev–Trinajstić information content (AvgIpc) is 2.19. The van der Waals surface area contributed by atoms with E-state index in [0.29, 0.717) is 12.2 Å². The quantitative estimate of drug-likeness (QED) is 0.765. The zero-order valence-electron chi connectivity index (χ0n) is 9.32. The minimum atomic E-state index is -0.367. The molecule has 0 spiro atoms. The van der Waals surface area contributed by atoms with Crippen LogP contribution in [0.1, 0.15) is 20.3 Å². The third-order valence-corrected chi connectivity index (χ3v) is 2.02. The van der Waals surface area contributed by atoms with Gasteiger partial charge >= 0.3 is 0 Å². The van der Waals surface area contributed by atoms with Crippen molar-refractivity contribution in [1.82, 2.24) is 4.57 Å². The Balaban J connectivity index is 2.78. The molecule has 1 amide bonds. The van der Waals surface area contributed by atoms with Gasteiger partial charge in [-0.25, -0.2) is 0 Å². The number of Topliss-reactive ketones (excluding diaryl/α,β-unsaturated/α-hetero) is 1. The van der Waals surface area contributed by atoms with Crippen molar-refractivity contribution in [3.05, 3.63) is 28.7 Å². The van der Waals surface area contributed by atoms with Gasteiger partial charge in [-0.2, -0.15) is 0 Å². The third kappa shape index (κ3) is 3.34. The monoisotopic (exact) mass is 222 g/mol. The zero-order valence-corrected chi connectivity index (χ0v) is 9.32. The number of hydrogen-bond donors (Lipinski definition) is 1. The fourth-order valence-corrected chi connectivity index (χ4v) is 1.28. The number of pyridine rings is 1. The maximum absolute atomic E-state index is 11.3. The van der Waals surface area contributed by atoms with E-state index >= 15 is 0 Å². The number of amides is 1. The van der Waals surface area contributed by atoms with Gasteiger partial charge in [-0.15, -0.1) is 0 Å². The summed E-state index contributed by atoms with van der Waals surface area (Å²) < 4.78 is 1.48. The lowest BCUT2D eigenvalue weighted by molar-refractivity contribution is -0.124. The molecule has 0 saturated carbocycles.